The highest BCUT2D eigenvalue weighted by molar-refractivity contribution is 7.07. The van der Waals surface area contributed by atoms with E-state index < -0.39 is 0 Å². The minimum Gasteiger partial charge on any atom is -0.468 e. The summed E-state index contributed by atoms with van der Waals surface area (Å²) in [4.78, 5) is 2.53. The van der Waals surface area contributed by atoms with Crippen LogP contribution < -0.4 is 5.32 Å². The molecule has 0 spiro atoms. The zero-order chi connectivity index (χ0) is 12.9. The van der Waals surface area contributed by atoms with Gasteiger partial charge in [0.15, 0.2) is 0 Å². The molecule has 2 aromatic heterocycles. The predicted molar refractivity (Wildman–Crippen MR) is 78.3 cm³/mol. The molecule has 0 bridgehead atoms. The van der Waals surface area contributed by atoms with Gasteiger partial charge in [0, 0.05) is 13.1 Å². The molecule has 3 rings (SSSR count). The van der Waals surface area contributed by atoms with Crippen LogP contribution in [0.5, 0.6) is 0 Å². The quantitative estimate of drug-likeness (QED) is 0.878. The van der Waals surface area contributed by atoms with Crippen LogP contribution >= 0.6 is 11.3 Å². The normalized spacial score (nSPS) is 17.9. The lowest BCUT2D eigenvalue weighted by Crippen LogP contribution is -2.33. The van der Waals surface area contributed by atoms with E-state index in [1.165, 1.54) is 31.5 Å². The van der Waals surface area contributed by atoms with Gasteiger partial charge in [-0.1, -0.05) is 0 Å². The summed E-state index contributed by atoms with van der Waals surface area (Å²) in [6, 6.07) is 6.62. The first-order valence-electron chi connectivity index (χ1n) is 6.93. The van der Waals surface area contributed by atoms with Gasteiger partial charge < -0.3 is 9.73 Å². The van der Waals surface area contributed by atoms with Crippen molar-refractivity contribution in [2.45, 2.75) is 25.4 Å². The number of hydrogen-bond donors (Lipinski definition) is 1. The molecule has 3 nitrogen and oxygen atoms in total. The first-order chi connectivity index (χ1) is 9.43. The molecular formula is C15H20N2OS. The maximum absolute atomic E-state index is 5.62. The van der Waals surface area contributed by atoms with Gasteiger partial charge >= 0.3 is 0 Å². The molecule has 1 unspecified atom stereocenters. The number of rotatable bonds is 6. The fourth-order valence-corrected chi connectivity index (χ4v) is 3.36. The molecule has 19 heavy (non-hydrogen) atoms. The molecule has 1 aliphatic rings. The lowest BCUT2D eigenvalue weighted by atomic mass is 10.2. The Morgan fingerprint density at radius 2 is 2.21 bits per heavy atom. The number of hydrogen-bond acceptors (Lipinski definition) is 4. The summed E-state index contributed by atoms with van der Waals surface area (Å²) in [5.41, 5.74) is 1.37. The van der Waals surface area contributed by atoms with Crippen molar-refractivity contribution in [3.63, 3.8) is 0 Å². The number of likely N-dealkylation sites (tertiary alicyclic amines) is 1. The molecule has 0 saturated carbocycles. The molecule has 0 aliphatic carbocycles. The molecule has 4 heteroatoms. The highest BCUT2D eigenvalue weighted by Crippen LogP contribution is 2.24. The van der Waals surface area contributed by atoms with E-state index in [1.54, 1.807) is 17.6 Å². The number of furan rings is 1. The Hall–Kier alpha value is -1.10. The van der Waals surface area contributed by atoms with Gasteiger partial charge in [-0.05, 0) is 60.5 Å². The smallest absolute Gasteiger partial charge is 0.122 e. The Kier molecular flexibility index (Phi) is 4.33. The average Bonchev–Trinajstić information content (AvgIpc) is 3.15. The summed E-state index contributed by atoms with van der Waals surface area (Å²) in [6.07, 6.45) is 4.39. The van der Waals surface area contributed by atoms with Crippen LogP contribution in [0.4, 0.5) is 0 Å². The lowest BCUT2D eigenvalue weighted by molar-refractivity contribution is 0.209. The Labute approximate surface area is 118 Å². The zero-order valence-electron chi connectivity index (χ0n) is 11.0. The van der Waals surface area contributed by atoms with E-state index in [2.05, 4.69) is 33.1 Å². The van der Waals surface area contributed by atoms with Gasteiger partial charge in [0.05, 0.1) is 12.3 Å². The highest BCUT2D eigenvalue weighted by atomic mass is 32.1. The SMILES string of the molecule is c1coc(C(CNCc2ccsc2)N2CCCC2)c1. The minimum atomic E-state index is 0.371. The first-order valence-corrected chi connectivity index (χ1v) is 7.87. The molecule has 0 radical (unpaired) electrons. The molecule has 3 heterocycles. The van der Waals surface area contributed by atoms with Crippen LogP contribution in [0.25, 0.3) is 0 Å². The lowest BCUT2D eigenvalue weighted by Gasteiger charge is -2.26. The van der Waals surface area contributed by atoms with Crippen LogP contribution in [-0.2, 0) is 6.54 Å². The standard InChI is InChI=1S/C15H20N2OS/c1-2-7-17(6-1)14(15-4-3-8-18-15)11-16-10-13-5-9-19-12-13/h3-5,8-9,12,14,16H,1-2,6-7,10-11H2. The second-order valence-electron chi connectivity index (χ2n) is 5.04. The van der Waals surface area contributed by atoms with Crippen LogP contribution in [0.15, 0.2) is 39.6 Å². The Morgan fingerprint density at radius 1 is 1.32 bits per heavy atom. The van der Waals surface area contributed by atoms with E-state index in [-0.39, 0.29) is 0 Å². The third-order valence-electron chi connectivity index (χ3n) is 3.70. The van der Waals surface area contributed by atoms with Crippen LogP contribution in [0.1, 0.15) is 30.2 Å². The van der Waals surface area contributed by atoms with E-state index in [4.69, 9.17) is 4.42 Å². The van der Waals surface area contributed by atoms with Crippen LogP contribution in [0, 0.1) is 0 Å². The van der Waals surface area contributed by atoms with Crippen molar-refractivity contribution >= 4 is 11.3 Å². The summed E-state index contributed by atoms with van der Waals surface area (Å²) in [6.45, 7) is 4.26. The molecule has 0 aromatic carbocycles. The summed E-state index contributed by atoms with van der Waals surface area (Å²) in [5.74, 6) is 1.08. The van der Waals surface area contributed by atoms with Crippen molar-refractivity contribution in [1.82, 2.24) is 10.2 Å². The van der Waals surface area contributed by atoms with Crippen molar-refractivity contribution in [3.05, 3.63) is 46.5 Å². The maximum atomic E-state index is 5.62. The van der Waals surface area contributed by atoms with Gasteiger partial charge in [0.25, 0.3) is 0 Å². The molecule has 1 aliphatic heterocycles. The van der Waals surface area contributed by atoms with Gasteiger partial charge in [-0.25, -0.2) is 0 Å². The minimum absolute atomic E-state index is 0.371. The van der Waals surface area contributed by atoms with Crippen LogP contribution in [0.2, 0.25) is 0 Å². The number of thiophene rings is 1. The van der Waals surface area contributed by atoms with Crippen molar-refractivity contribution < 1.29 is 4.42 Å². The summed E-state index contributed by atoms with van der Waals surface area (Å²) < 4.78 is 5.62. The Morgan fingerprint density at radius 3 is 2.89 bits per heavy atom. The van der Waals surface area contributed by atoms with Gasteiger partial charge in [-0.15, -0.1) is 0 Å². The van der Waals surface area contributed by atoms with Crippen molar-refractivity contribution in [2.75, 3.05) is 19.6 Å². The third-order valence-corrected chi connectivity index (χ3v) is 4.43. The van der Waals surface area contributed by atoms with E-state index in [1.807, 2.05) is 6.07 Å². The van der Waals surface area contributed by atoms with Crippen LogP contribution in [0.3, 0.4) is 0 Å². The van der Waals surface area contributed by atoms with Crippen molar-refractivity contribution in [3.8, 4) is 0 Å². The molecule has 1 atom stereocenters. The Bertz CT molecular complexity index is 460. The molecule has 2 aromatic rings. The van der Waals surface area contributed by atoms with Crippen molar-refractivity contribution in [2.24, 2.45) is 0 Å². The summed E-state index contributed by atoms with van der Waals surface area (Å²) in [7, 11) is 0. The second kappa shape index (κ2) is 6.37. The molecule has 102 valence electrons. The summed E-state index contributed by atoms with van der Waals surface area (Å²) in [5, 5.41) is 7.88. The third kappa shape index (κ3) is 3.26. The van der Waals surface area contributed by atoms with E-state index >= 15 is 0 Å². The fraction of sp³-hybridized carbons (Fsp3) is 0.467. The van der Waals surface area contributed by atoms with Crippen molar-refractivity contribution in [1.29, 1.82) is 0 Å². The molecule has 1 saturated heterocycles. The predicted octanol–water partition coefficient (Wildman–Crippen LogP) is 3.27. The molecule has 1 fully saturated rings. The summed E-state index contributed by atoms with van der Waals surface area (Å²) >= 11 is 1.75. The fourth-order valence-electron chi connectivity index (χ4n) is 2.69. The van der Waals surface area contributed by atoms with Crippen LogP contribution in [-0.4, -0.2) is 24.5 Å². The van der Waals surface area contributed by atoms with Gasteiger partial charge in [-0.3, -0.25) is 4.90 Å². The molecule has 1 N–H and O–H groups in total. The van der Waals surface area contributed by atoms with Gasteiger partial charge in [-0.2, -0.15) is 11.3 Å². The second-order valence-corrected chi connectivity index (χ2v) is 5.82. The molecule has 0 amide bonds. The number of nitrogens with one attached hydrogen (secondary N) is 1. The average molecular weight is 276 g/mol. The van der Waals surface area contributed by atoms with Gasteiger partial charge in [0.1, 0.15) is 5.76 Å². The van der Waals surface area contributed by atoms with E-state index in [0.29, 0.717) is 6.04 Å². The Balaban J connectivity index is 1.59. The van der Waals surface area contributed by atoms with Gasteiger partial charge in [0.2, 0.25) is 0 Å². The molecular weight excluding hydrogens is 256 g/mol. The maximum Gasteiger partial charge on any atom is 0.122 e. The highest BCUT2D eigenvalue weighted by Gasteiger charge is 2.24. The zero-order valence-corrected chi connectivity index (χ0v) is 11.9. The monoisotopic (exact) mass is 276 g/mol. The first kappa shape index (κ1) is 12.9. The largest absolute Gasteiger partial charge is 0.468 e. The topological polar surface area (TPSA) is 28.4 Å². The van der Waals surface area contributed by atoms with E-state index in [0.717, 1.165) is 18.8 Å². The number of nitrogens with zero attached hydrogens (tertiary/aromatic N) is 1. The van der Waals surface area contributed by atoms with E-state index in [9.17, 15) is 0 Å².